The third-order valence-electron chi connectivity index (χ3n) is 1.66. The minimum absolute atomic E-state index is 1.31. The van der Waals surface area contributed by atoms with Gasteiger partial charge in [0, 0.05) is 0 Å². The summed E-state index contributed by atoms with van der Waals surface area (Å²) in [5.74, 6) is 0. The maximum atomic E-state index is 9.76. The summed E-state index contributed by atoms with van der Waals surface area (Å²) in [6.45, 7) is 0. The number of hydrogen-bond donors (Lipinski definition) is 0. The summed E-state index contributed by atoms with van der Waals surface area (Å²) in [5, 5.41) is 2.62. The normalized spacial score (nSPS) is 9.38. The summed E-state index contributed by atoms with van der Waals surface area (Å²) in [4.78, 5) is 0. The van der Waals surface area contributed by atoms with Crippen molar-refractivity contribution in [2.75, 3.05) is 0 Å². The Labute approximate surface area is 84.5 Å². The summed E-state index contributed by atoms with van der Waals surface area (Å²) < 4.78 is 19.5. The quantitative estimate of drug-likeness (QED) is 0.676. The van der Waals surface area contributed by atoms with Gasteiger partial charge in [-0.1, -0.05) is 48.5 Å². The first-order valence-corrected chi connectivity index (χ1v) is 5.59. The molecule has 2 rings (SSSR count). The Morgan fingerprint density at radius 2 is 0.923 bits per heavy atom. The second-order valence-electron chi connectivity index (χ2n) is 2.40. The van der Waals surface area contributed by atoms with Crippen molar-refractivity contribution in [3.8, 4) is 0 Å². The number of hydrogen-bond acceptors (Lipinski definition) is 0. The van der Waals surface area contributed by atoms with E-state index in [1.54, 1.807) is 0 Å². The average Bonchev–Trinajstić information content (AvgIpc) is 2.19. The molecule has 0 saturated carbocycles. The van der Waals surface area contributed by atoms with E-state index in [-0.39, 0.29) is 0 Å². The van der Waals surface area contributed by atoms with E-state index in [4.69, 9.17) is 0 Å². The minimum atomic E-state index is -2.58. The molecule has 0 amide bonds. The molecule has 0 heterocycles. The fraction of sp³-hybridized carbons (Fsp3) is 0. The zero-order valence-electron chi connectivity index (χ0n) is 6.73. The SMILES string of the molecule is [F][Os][F].c1ccc2ccccc2c1. The van der Waals surface area contributed by atoms with Gasteiger partial charge < -0.3 is 0 Å². The van der Waals surface area contributed by atoms with Crippen molar-refractivity contribution >= 4 is 10.8 Å². The van der Waals surface area contributed by atoms with Crippen LogP contribution in [0.5, 0.6) is 0 Å². The van der Waals surface area contributed by atoms with Gasteiger partial charge in [-0.2, -0.15) is 0 Å². The number of fused-ring (bicyclic) bond motifs is 1. The smallest absolute Gasteiger partial charge is 0.0184 e. The molecule has 0 aliphatic carbocycles. The van der Waals surface area contributed by atoms with Gasteiger partial charge in [0.25, 0.3) is 0 Å². The van der Waals surface area contributed by atoms with Gasteiger partial charge in [-0.15, -0.1) is 0 Å². The van der Waals surface area contributed by atoms with E-state index in [0.29, 0.717) is 0 Å². The van der Waals surface area contributed by atoms with Gasteiger partial charge in [0.15, 0.2) is 0 Å². The molecule has 0 N–H and O–H groups in total. The molecule has 0 spiro atoms. The second-order valence-corrected chi connectivity index (χ2v) is 2.76. The number of rotatable bonds is 0. The van der Waals surface area contributed by atoms with Crippen molar-refractivity contribution in [3.63, 3.8) is 0 Å². The van der Waals surface area contributed by atoms with Crippen molar-refractivity contribution < 1.29 is 25.0 Å². The molecule has 0 unspecified atom stereocenters. The Morgan fingerprint density at radius 1 is 0.692 bits per heavy atom. The molecular formula is C10H8F2Os. The molecule has 0 atom stereocenters. The first kappa shape index (κ1) is 10.3. The van der Waals surface area contributed by atoms with Crippen LogP contribution in [0.2, 0.25) is 0 Å². The monoisotopic (exact) mass is 358 g/mol. The Hall–Kier alpha value is -0.804. The van der Waals surface area contributed by atoms with E-state index in [1.165, 1.54) is 10.8 Å². The van der Waals surface area contributed by atoms with Crippen molar-refractivity contribution in [1.29, 1.82) is 0 Å². The van der Waals surface area contributed by atoms with Crippen LogP contribution >= 0.6 is 0 Å². The summed E-state index contributed by atoms with van der Waals surface area (Å²) in [6, 6.07) is 16.7. The van der Waals surface area contributed by atoms with Gasteiger partial charge in [0.05, 0.1) is 0 Å². The van der Waals surface area contributed by atoms with E-state index < -0.39 is 18.4 Å². The fourth-order valence-corrected chi connectivity index (χ4v) is 1.13. The summed E-state index contributed by atoms with van der Waals surface area (Å²) in [7, 11) is 0. The molecule has 0 nitrogen and oxygen atoms in total. The van der Waals surface area contributed by atoms with E-state index in [0.717, 1.165) is 0 Å². The molecule has 0 radical (unpaired) electrons. The van der Waals surface area contributed by atoms with Crippen LogP contribution in [0.3, 0.4) is 0 Å². The third-order valence-corrected chi connectivity index (χ3v) is 1.66. The Balaban J connectivity index is 0.000000251. The largest absolute Gasteiger partial charge is 0.0616 e. The summed E-state index contributed by atoms with van der Waals surface area (Å²) >= 11 is -2.58. The molecule has 0 aliphatic heterocycles. The third kappa shape index (κ3) is 3.20. The van der Waals surface area contributed by atoms with E-state index in [9.17, 15) is 6.57 Å². The molecule has 0 aliphatic rings. The molecule has 2 aromatic rings. The molecule has 0 saturated heterocycles. The van der Waals surface area contributed by atoms with Gasteiger partial charge in [-0.3, -0.25) is 0 Å². The fourth-order valence-electron chi connectivity index (χ4n) is 1.13. The molecule has 3 heteroatoms. The van der Waals surface area contributed by atoms with Crippen LogP contribution in [0.25, 0.3) is 10.8 Å². The zero-order valence-corrected chi connectivity index (χ0v) is 9.27. The summed E-state index contributed by atoms with van der Waals surface area (Å²) in [5.41, 5.74) is 0. The van der Waals surface area contributed by atoms with E-state index >= 15 is 0 Å². The van der Waals surface area contributed by atoms with Gasteiger partial charge >= 0.3 is 25.0 Å². The van der Waals surface area contributed by atoms with Crippen molar-refractivity contribution in [2.24, 2.45) is 0 Å². The van der Waals surface area contributed by atoms with Crippen LogP contribution in [-0.4, -0.2) is 0 Å². The molecule has 0 aromatic heterocycles. The standard InChI is InChI=1S/C10H8.2FH.Os/c1-2-6-10-8-4-3-7-9(10)5-1;;;/h1-8H;2*1H;/q;;;+2/p-2. The van der Waals surface area contributed by atoms with Gasteiger partial charge in [-0.05, 0) is 10.8 Å². The van der Waals surface area contributed by atoms with Crippen LogP contribution in [0.1, 0.15) is 0 Å². The van der Waals surface area contributed by atoms with E-state index in [1.807, 2.05) is 0 Å². The second kappa shape index (κ2) is 5.78. The predicted octanol–water partition coefficient (Wildman–Crippen LogP) is 3.68. The van der Waals surface area contributed by atoms with Gasteiger partial charge in [0.2, 0.25) is 0 Å². The van der Waals surface area contributed by atoms with E-state index in [2.05, 4.69) is 48.5 Å². The molecule has 0 bridgehead atoms. The maximum Gasteiger partial charge on any atom is -0.0184 e. The van der Waals surface area contributed by atoms with Crippen molar-refractivity contribution in [2.45, 2.75) is 0 Å². The van der Waals surface area contributed by atoms with Crippen molar-refractivity contribution in [3.05, 3.63) is 48.5 Å². The number of benzene rings is 2. The Kier molecular flexibility index (Phi) is 4.57. The first-order valence-electron chi connectivity index (χ1n) is 3.67. The minimum Gasteiger partial charge on any atom is -0.0616 e. The van der Waals surface area contributed by atoms with Crippen LogP contribution in [0.4, 0.5) is 6.57 Å². The summed E-state index contributed by atoms with van der Waals surface area (Å²) in [6.07, 6.45) is 0. The Bertz CT molecular complexity index is 297. The van der Waals surface area contributed by atoms with Crippen LogP contribution in [0, 0.1) is 0 Å². The van der Waals surface area contributed by atoms with Gasteiger partial charge in [0.1, 0.15) is 0 Å². The average molecular weight is 356 g/mol. The maximum absolute atomic E-state index is 9.76. The topological polar surface area (TPSA) is 0 Å². The first-order chi connectivity index (χ1) is 6.38. The molecule has 2 aromatic carbocycles. The molecule has 13 heavy (non-hydrogen) atoms. The van der Waals surface area contributed by atoms with Gasteiger partial charge in [-0.25, -0.2) is 0 Å². The Morgan fingerprint density at radius 3 is 1.15 bits per heavy atom. The molecular weight excluding hydrogens is 348 g/mol. The predicted molar refractivity (Wildman–Crippen MR) is 46.2 cm³/mol. The van der Waals surface area contributed by atoms with Crippen LogP contribution < -0.4 is 0 Å². The zero-order chi connectivity index (χ0) is 9.52. The van der Waals surface area contributed by atoms with Crippen LogP contribution in [0.15, 0.2) is 48.5 Å². The molecule has 70 valence electrons. The molecule has 0 fully saturated rings. The van der Waals surface area contributed by atoms with Crippen LogP contribution in [-0.2, 0) is 18.4 Å². The number of halogens is 2. The van der Waals surface area contributed by atoms with Crippen molar-refractivity contribution in [1.82, 2.24) is 0 Å².